The van der Waals surface area contributed by atoms with Crippen molar-refractivity contribution in [2.24, 2.45) is 0 Å². The molecule has 0 amide bonds. The van der Waals surface area contributed by atoms with E-state index in [1.807, 2.05) is 18.3 Å². The summed E-state index contributed by atoms with van der Waals surface area (Å²) in [7, 11) is 0. The number of furan rings is 1. The lowest BCUT2D eigenvalue weighted by atomic mass is 9.92. The van der Waals surface area contributed by atoms with Crippen LogP contribution in [0.1, 0.15) is 0 Å². The first-order chi connectivity index (χ1) is 25.8. The van der Waals surface area contributed by atoms with Gasteiger partial charge in [0.05, 0.1) is 11.9 Å². The number of aromatic nitrogens is 1. The molecule has 0 spiro atoms. The van der Waals surface area contributed by atoms with Crippen molar-refractivity contribution in [3.05, 3.63) is 194 Å². The second kappa shape index (κ2) is 12.4. The van der Waals surface area contributed by atoms with E-state index >= 15 is 0 Å². The SMILES string of the molecule is c1ccc(-c2cccc(N(c3ccc(-c4ccccc4)c(-c4ccc5ccccc5c4)c3)c3cnc4c(ccc5c6ccccc6oc54)c3)c2)cc1. The fraction of sp³-hybridized carbons (Fsp3) is 0. The zero-order valence-corrected chi connectivity index (χ0v) is 28.3. The van der Waals surface area contributed by atoms with Gasteiger partial charge in [-0.15, -0.1) is 0 Å². The van der Waals surface area contributed by atoms with Crippen LogP contribution < -0.4 is 4.90 Å². The number of hydrogen-bond acceptors (Lipinski definition) is 3. The maximum atomic E-state index is 6.37. The van der Waals surface area contributed by atoms with Crippen LogP contribution in [0.15, 0.2) is 199 Å². The molecule has 0 radical (unpaired) electrons. The van der Waals surface area contributed by atoms with Crippen molar-refractivity contribution in [2.75, 3.05) is 4.90 Å². The predicted octanol–water partition coefficient (Wildman–Crippen LogP) is 13.8. The van der Waals surface area contributed by atoms with Crippen LogP contribution in [0.2, 0.25) is 0 Å². The molecule has 0 aliphatic rings. The molecule has 0 bridgehead atoms. The molecule has 10 aromatic rings. The van der Waals surface area contributed by atoms with Crippen molar-refractivity contribution in [2.45, 2.75) is 0 Å². The molecule has 0 aliphatic heterocycles. The van der Waals surface area contributed by atoms with Crippen LogP contribution in [0.4, 0.5) is 17.1 Å². The Bertz CT molecular complexity index is 2910. The third kappa shape index (κ3) is 5.19. The average molecular weight is 665 g/mol. The Labute approximate surface area is 301 Å². The highest BCUT2D eigenvalue weighted by molar-refractivity contribution is 6.14. The van der Waals surface area contributed by atoms with Gasteiger partial charge >= 0.3 is 0 Å². The van der Waals surface area contributed by atoms with Crippen molar-refractivity contribution in [3.63, 3.8) is 0 Å². The van der Waals surface area contributed by atoms with Crippen molar-refractivity contribution >= 4 is 60.7 Å². The standard InChI is InChI=1S/C49H32N2O/c1-3-12-33(13-4-1)37-18-11-19-40(29-37)51(42-30-39-24-26-45-44-20-9-10-21-47(44)52-49(45)48(39)50-32-42)41-25-27-43(35-15-5-2-6-16-35)46(31-41)38-23-22-34-14-7-8-17-36(34)28-38/h1-32H. The molecular weight excluding hydrogens is 633 g/mol. The van der Waals surface area contributed by atoms with Gasteiger partial charge in [-0.2, -0.15) is 0 Å². The number of pyridine rings is 1. The van der Waals surface area contributed by atoms with Crippen LogP contribution in [0, 0.1) is 0 Å². The van der Waals surface area contributed by atoms with Gasteiger partial charge in [0.2, 0.25) is 0 Å². The molecule has 8 aromatic carbocycles. The van der Waals surface area contributed by atoms with Gasteiger partial charge in [0.15, 0.2) is 5.58 Å². The lowest BCUT2D eigenvalue weighted by molar-refractivity contribution is 0.671. The Balaban J connectivity index is 1.19. The average Bonchev–Trinajstić information content (AvgIpc) is 3.61. The molecule has 0 aliphatic carbocycles. The molecule has 0 unspecified atom stereocenters. The quantitative estimate of drug-likeness (QED) is 0.177. The number of benzene rings is 8. The minimum Gasteiger partial charge on any atom is -0.454 e. The molecule has 3 nitrogen and oxygen atoms in total. The third-order valence-electron chi connectivity index (χ3n) is 10.1. The fourth-order valence-corrected chi connectivity index (χ4v) is 7.53. The van der Waals surface area contributed by atoms with Crippen LogP contribution >= 0.6 is 0 Å². The summed E-state index contributed by atoms with van der Waals surface area (Å²) in [5, 5.41) is 5.64. The normalized spacial score (nSPS) is 11.5. The number of anilines is 3. The van der Waals surface area contributed by atoms with E-state index in [0.717, 1.165) is 61.0 Å². The molecule has 0 saturated heterocycles. The Morgan fingerprint density at radius 3 is 1.96 bits per heavy atom. The largest absolute Gasteiger partial charge is 0.454 e. The molecule has 0 saturated carbocycles. The number of hydrogen-bond donors (Lipinski definition) is 0. The molecule has 0 fully saturated rings. The zero-order valence-electron chi connectivity index (χ0n) is 28.3. The van der Waals surface area contributed by atoms with E-state index in [1.165, 1.54) is 33.0 Å². The van der Waals surface area contributed by atoms with Crippen LogP contribution in [0.5, 0.6) is 0 Å². The maximum Gasteiger partial charge on any atom is 0.161 e. The number of rotatable bonds is 6. The minimum atomic E-state index is 0.814. The van der Waals surface area contributed by atoms with E-state index in [-0.39, 0.29) is 0 Å². The molecule has 10 rings (SSSR count). The van der Waals surface area contributed by atoms with Gasteiger partial charge in [0.1, 0.15) is 11.1 Å². The van der Waals surface area contributed by atoms with Gasteiger partial charge in [-0.1, -0.05) is 140 Å². The number of para-hydroxylation sites is 1. The summed E-state index contributed by atoms with van der Waals surface area (Å²) < 4.78 is 6.37. The molecule has 244 valence electrons. The molecule has 0 atom stereocenters. The second-order valence-corrected chi connectivity index (χ2v) is 13.2. The van der Waals surface area contributed by atoms with Crippen LogP contribution in [-0.2, 0) is 0 Å². The molecule has 3 heteroatoms. The Morgan fingerprint density at radius 1 is 0.385 bits per heavy atom. The van der Waals surface area contributed by atoms with E-state index in [0.29, 0.717) is 0 Å². The molecule has 2 aromatic heterocycles. The monoisotopic (exact) mass is 664 g/mol. The first-order valence-corrected chi connectivity index (χ1v) is 17.6. The zero-order chi connectivity index (χ0) is 34.4. The summed E-state index contributed by atoms with van der Waals surface area (Å²) in [6.45, 7) is 0. The summed E-state index contributed by atoms with van der Waals surface area (Å²) in [5.41, 5.74) is 12.6. The second-order valence-electron chi connectivity index (χ2n) is 13.2. The fourth-order valence-electron chi connectivity index (χ4n) is 7.53. The van der Waals surface area contributed by atoms with Gasteiger partial charge in [0.25, 0.3) is 0 Å². The Morgan fingerprint density at radius 2 is 1.10 bits per heavy atom. The highest BCUT2D eigenvalue weighted by atomic mass is 16.3. The van der Waals surface area contributed by atoms with E-state index in [4.69, 9.17) is 9.40 Å². The van der Waals surface area contributed by atoms with Gasteiger partial charge in [-0.3, -0.25) is 4.98 Å². The van der Waals surface area contributed by atoms with Crippen LogP contribution in [0.25, 0.3) is 77.0 Å². The van der Waals surface area contributed by atoms with Gasteiger partial charge < -0.3 is 9.32 Å². The Hall–Kier alpha value is -6.97. The van der Waals surface area contributed by atoms with E-state index < -0.39 is 0 Å². The Kier molecular flexibility index (Phi) is 7.14. The molecule has 2 heterocycles. The van der Waals surface area contributed by atoms with Crippen molar-refractivity contribution in [3.8, 4) is 33.4 Å². The van der Waals surface area contributed by atoms with Crippen LogP contribution in [-0.4, -0.2) is 4.98 Å². The summed E-state index contributed by atoms with van der Waals surface area (Å²) in [5.74, 6) is 0. The summed E-state index contributed by atoms with van der Waals surface area (Å²) in [6, 6.07) is 66.8. The van der Waals surface area contributed by atoms with Gasteiger partial charge in [0, 0.05) is 27.5 Å². The van der Waals surface area contributed by atoms with Crippen molar-refractivity contribution < 1.29 is 4.42 Å². The number of nitrogens with zero attached hydrogens (tertiary/aromatic N) is 2. The molecular formula is C49H32N2O. The van der Waals surface area contributed by atoms with Gasteiger partial charge in [-0.05, 0) is 92.7 Å². The highest BCUT2D eigenvalue weighted by Gasteiger charge is 2.19. The predicted molar refractivity (Wildman–Crippen MR) is 218 cm³/mol. The first-order valence-electron chi connectivity index (χ1n) is 17.6. The van der Waals surface area contributed by atoms with E-state index in [1.54, 1.807) is 0 Å². The van der Waals surface area contributed by atoms with E-state index in [9.17, 15) is 0 Å². The van der Waals surface area contributed by atoms with Crippen molar-refractivity contribution in [1.29, 1.82) is 0 Å². The summed E-state index contributed by atoms with van der Waals surface area (Å²) >= 11 is 0. The van der Waals surface area contributed by atoms with Crippen LogP contribution in [0.3, 0.4) is 0 Å². The topological polar surface area (TPSA) is 29.3 Å². The molecule has 0 N–H and O–H groups in total. The maximum absolute atomic E-state index is 6.37. The first kappa shape index (κ1) is 29.9. The lowest BCUT2D eigenvalue weighted by Gasteiger charge is -2.27. The number of fused-ring (bicyclic) bond motifs is 6. The van der Waals surface area contributed by atoms with Gasteiger partial charge in [-0.25, -0.2) is 0 Å². The highest BCUT2D eigenvalue weighted by Crippen LogP contribution is 2.43. The summed E-state index contributed by atoms with van der Waals surface area (Å²) in [4.78, 5) is 7.42. The smallest absolute Gasteiger partial charge is 0.161 e. The lowest BCUT2D eigenvalue weighted by Crippen LogP contribution is -2.11. The van der Waals surface area contributed by atoms with Crippen molar-refractivity contribution in [1.82, 2.24) is 4.98 Å². The minimum absolute atomic E-state index is 0.814. The van der Waals surface area contributed by atoms with E-state index in [2.05, 4.69) is 181 Å². The molecule has 52 heavy (non-hydrogen) atoms. The third-order valence-corrected chi connectivity index (χ3v) is 10.1. The summed E-state index contributed by atoms with van der Waals surface area (Å²) in [6.07, 6.45) is 1.98.